The largest absolute Gasteiger partial charge is 0.483 e. The number of sulfonamides is 1. The predicted octanol–water partition coefficient (Wildman–Crippen LogP) is 2.04. The summed E-state index contributed by atoms with van der Waals surface area (Å²) in [5, 5.41) is 2.88. The van der Waals surface area contributed by atoms with Gasteiger partial charge in [0.2, 0.25) is 10.0 Å². The molecule has 0 saturated carbocycles. The number of hydrogen-bond donors (Lipinski definition) is 1. The van der Waals surface area contributed by atoms with Gasteiger partial charge in [-0.15, -0.1) is 0 Å². The average Bonchev–Trinajstić information content (AvgIpc) is 2.52. The van der Waals surface area contributed by atoms with Crippen LogP contribution >= 0.6 is 0 Å². The van der Waals surface area contributed by atoms with Crippen molar-refractivity contribution in [3.8, 4) is 5.75 Å². The lowest BCUT2D eigenvalue weighted by Crippen LogP contribution is -2.50. The summed E-state index contributed by atoms with van der Waals surface area (Å²) in [4.78, 5) is 12.2. The molecule has 1 heterocycles. The van der Waals surface area contributed by atoms with E-state index in [0.29, 0.717) is 19.0 Å². The molecule has 1 fully saturated rings. The molecule has 1 aromatic carbocycles. The Kier molecular flexibility index (Phi) is 6.46. The Morgan fingerprint density at radius 2 is 2.12 bits per heavy atom. The molecule has 140 valence electrons. The van der Waals surface area contributed by atoms with Crippen LogP contribution in [0, 0.1) is 6.92 Å². The van der Waals surface area contributed by atoms with E-state index in [2.05, 4.69) is 19.2 Å². The van der Waals surface area contributed by atoms with E-state index in [1.165, 1.54) is 10.6 Å². The second kappa shape index (κ2) is 8.19. The van der Waals surface area contributed by atoms with Gasteiger partial charge in [0.25, 0.3) is 5.91 Å². The van der Waals surface area contributed by atoms with E-state index in [1.807, 2.05) is 25.1 Å². The van der Waals surface area contributed by atoms with Crippen molar-refractivity contribution >= 4 is 15.9 Å². The third kappa shape index (κ3) is 5.71. The summed E-state index contributed by atoms with van der Waals surface area (Å²) in [6.07, 6.45) is 2.72. The van der Waals surface area contributed by atoms with Crippen molar-refractivity contribution < 1.29 is 17.9 Å². The van der Waals surface area contributed by atoms with Gasteiger partial charge in [-0.2, -0.15) is 0 Å². The highest BCUT2D eigenvalue weighted by molar-refractivity contribution is 7.88. The van der Waals surface area contributed by atoms with Crippen molar-refractivity contribution in [1.82, 2.24) is 9.62 Å². The molecule has 1 aliphatic rings. The van der Waals surface area contributed by atoms with Crippen LogP contribution in [0.5, 0.6) is 5.75 Å². The smallest absolute Gasteiger partial charge is 0.258 e. The normalized spacial score (nSPS) is 19.0. The zero-order chi connectivity index (χ0) is 18.6. The van der Waals surface area contributed by atoms with E-state index >= 15 is 0 Å². The summed E-state index contributed by atoms with van der Waals surface area (Å²) in [6, 6.07) is 5.83. The van der Waals surface area contributed by atoms with E-state index in [4.69, 9.17) is 4.74 Å². The molecule has 0 aliphatic carbocycles. The summed E-state index contributed by atoms with van der Waals surface area (Å²) >= 11 is 0. The molecule has 1 atom stereocenters. The highest BCUT2D eigenvalue weighted by Gasteiger charge is 2.26. The number of nitrogens with zero attached hydrogens (tertiary/aromatic N) is 1. The Labute approximate surface area is 150 Å². The molecule has 0 aromatic heterocycles. The molecule has 1 saturated heterocycles. The molecule has 0 bridgehead atoms. The maximum absolute atomic E-state index is 12.2. The minimum absolute atomic E-state index is 0.0709. The molecule has 0 spiro atoms. The SMILES string of the molecule is Cc1ccc(C(C)C)c(OCC(=O)NC2CCCN(S(C)(=O)=O)C2)c1. The number of amides is 1. The van der Waals surface area contributed by atoms with Crippen LogP contribution in [0.1, 0.15) is 43.7 Å². The quantitative estimate of drug-likeness (QED) is 0.834. The molecule has 25 heavy (non-hydrogen) atoms. The van der Waals surface area contributed by atoms with E-state index < -0.39 is 10.0 Å². The standard InChI is InChI=1S/C18H28N2O4S/c1-13(2)16-8-7-14(3)10-17(16)24-12-18(21)19-15-6-5-9-20(11-15)25(4,22)23/h7-8,10,13,15H,5-6,9,11-12H2,1-4H3,(H,19,21). The summed E-state index contributed by atoms with van der Waals surface area (Å²) in [6.45, 7) is 6.92. The number of nitrogens with one attached hydrogen (secondary N) is 1. The number of benzene rings is 1. The van der Waals surface area contributed by atoms with Gasteiger partial charge in [-0.25, -0.2) is 12.7 Å². The lowest BCUT2D eigenvalue weighted by Gasteiger charge is -2.31. The number of hydrogen-bond acceptors (Lipinski definition) is 4. The second-order valence-corrected chi connectivity index (χ2v) is 8.99. The van der Waals surface area contributed by atoms with Crippen LogP contribution in [0.2, 0.25) is 0 Å². The first-order chi connectivity index (χ1) is 11.7. The zero-order valence-electron chi connectivity index (χ0n) is 15.4. The van der Waals surface area contributed by atoms with Gasteiger partial charge in [0.05, 0.1) is 6.26 Å². The number of aryl methyl sites for hydroxylation is 1. The van der Waals surface area contributed by atoms with Crippen molar-refractivity contribution in [3.05, 3.63) is 29.3 Å². The van der Waals surface area contributed by atoms with Crippen LogP contribution in [0.25, 0.3) is 0 Å². The molecule has 6 nitrogen and oxygen atoms in total. The Morgan fingerprint density at radius 3 is 2.76 bits per heavy atom. The van der Waals surface area contributed by atoms with E-state index in [9.17, 15) is 13.2 Å². The fourth-order valence-corrected chi connectivity index (χ4v) is 3.93. The van der Waals surface area contributed by atoms with E-state index in [-0.39, 0.29) is 18.6 Å². The zero-order valence-corrected chi connectivity index (χ0v) is 16.2. The fourth-order valence-electron chi connectivity index (χ4n) is 3.02. The topological polar surface area (TPSA) is 75.7 Å². The summed E-state index contributed by atoms with van der Waals surface area (Å²) in [5.74, 6) is 0.809. The Morgan fingerprint density at radius 1 is 1.40 bits per heavy atom. The van der Waals surface area contributed by atoms with Crippen LogP contribution in [0.4, 0.5) is 0 Å². The average molecular weight is 368 g/mol. The number of piperidine rings is 1. The number of carbonyl (C=O) groups is 1. The van der Waals surface area contributed by atoms with Gasteiger partial charge >= 0.3 is 0 Å². The minimum atomic E-state index is -3.22. The number of carbonyl (C=O) groups excluding carboxylic acids is 1. The molecule has 0 radical (unpaired) electrons. The van der Waals surface area contributed by atoms with Crippen molar-refractivity contribution in [3.63, 3.8) is 0 Å². The first-order valence-corrected chi connectivity index (χ1v) is 10.5. The summed E-state index contributed by atoms with van der Waals surface area (Å²) in [7, 11) is -3.22. The fraction of sp³-hybridized carbons (Fsp3) is 0.611. The highest BCUT2D eigenvalue weighted by Crippen LogP contribution is 2.27. The number of rotatable bonds is 6. The molecule has 7 heteroatoms. The highest BCUT2D eigenvalue weighted by atomic mass is 32.2. The first kappa shape index (κ1) is 19.7. The molecular weight excluding hydrogens is 340 g/mol. The van der Waals surface area contributed by atoms with Crippen molar-refractivity contribution in [2.24, 2.45) is 0 Å². The first-order valence-electron chi connectivity index (χ1n) is 8.64. The molecule has 1 unspecified atom stereocenters. The summed E-state index contributed by atoms with van der Waals surface area (Å²) < 4.78 is 30.4. The van der Waals surface area contributed by atoms with Crippen LogP contribution in [-0.4, -0.2) is 50.6 Å². The van der Waals surface area contributed by atoms with Gasteiger partial charge in [0.15, 0.2) is 6.61 Å². The maximum atomic E-state index is 12.2. The van der Waals surface area contributed by atoms with Gasteiger partial charge in [0.1, 0.15) is 5.75 Å². The minimum Gasteiger partial charge on any atom is -0.483 e. The molecular formula is C18H28N2O4S. The van der Waals surface area contributed by atoms with Crippen molar-refractivity contribution in [1.29, 1.82) is 0 Å². The van der Waals surface area contributed by atoms with Crippen LogP contribution < -0.4 is 10.1 Å². The number of ether oxygens (including phenoxy) is 1. The van der Waals surface area contributed by atoms with Crippen LogP contribution in [0.3, 0.4) is 0 Å². The predicted molar refractivity (Wildman–Crippen MR) is 98.3 cm³/mol. The van der Waals surface area contributed by atoms with Gasteiger partial charge in [0, 0.05) is 19.1 Å². The lowest BCUT2D eigenvalue weighted by atomic mass is 10.0. The lowest BCUT2D eigenvalue weighted by molar-refractivity contribution is -0.124. The van der Waals surface area contributed by atoms with Crippen LogP contribution in [0.15, 0.2) is 18.2 Å². The third-order valence-corrected chi connectivity index (χ3v) is 5.64. The molecule has 1 aromatic rings. The van der Waals surface area contributed by atoms with Crippen LogP contribution in [-0.2, 0) is 14.8 Å². The van der Waals surface area contributed by atoms with Gasteiger partial charge in [-0.1, -0.05) is 26.0 Å². The van der Waals surface area contributed by atoms with Gasteiger partial charge in [-0.05, 0) is 42.9 Å². The monoisotopic (exact) mass is 368 g/mol. The Bertz CT molecular complexity index is 716. The summed E-state index contributed by atoms with van der Waals surface area (Å²) in [5.41, 5.74) is 2.15. The molecule has 1 N–H and O–H groups in total. The second-order valence-electron chi connectivity index (χ2n) is 7.01. The maximum Gasteiger partial charge on any atom is 0.258 e. The molecule has 1 aliphatic heterocycles. The Balaban J connectivity index is 1.92. The third-order valence-electron chi connectivity index (χ3n) is 4.37. The van der Waals surface area contributed by atoms with E-state index in [1.54, 1.807) is 0 Å². The Hall–Kier alpha value is -1.60. The van der Waals surface area contributed by atoms with Gasteiger partial charge in [-0.3, -0.25) is 4.79 Å². The van der Waals surface area contributed by atoms with Crippen molar-refractivity contribution in [2.45, 2.75) is 45.6 Å². The van der Waals surface area contributed by atoms with Crippen molar-refractivity contribution in [2.75, 3.05) is 26.0 Å². The molecule has 1 amide bonds. The van der Waals surface area contributed by atoms with E-state index in [0.717, 1.165) is 29.7 Å². The van der Waals surface area contributed by atoms with Gasteiger partial charge < -0.3 is 10.1 Å². The molecule has 2 rings (SSSR count).